The summed E-state index contributed by atoms with van der Waals surface area (Å²) in [6, 6.07) is 16.2. The lowest BCUT2D eigenvalue weighted by Gasteiger charge is -2.38. The van der Waals surface area contributed by atoms with E-state index in [1.54, 1.807) is 14.2 Å². The number of ether oxygens (including phenoxy) is 3. The Balaban J connectivity index is 1.71. The van der Waals surface area contributed by atoms with Crippen molar-refractivity contribution in [3.8, 4) is 11.5 Å². The molecule has 0 spiro atoms. The summed E-state index contributed by atoms with van der Waals surface area (Å²) in [7, 11) is 3.28. The van der Waals surface area contributed by atoms with Crippen LogP contribution < -0.4 is 14.8 Å². The molecule has 0 aliphatic carbocycles. The smallest absolute Gasteiger partial charge is 0.220 e. The van der Waals surface area contributed by atoms with Crippen LogP contribution in [0.4, 0.5) is 0 Å². The van der Waals surface area contributed by atoms with Gasteiger partial charge in [-0.1, -0.05) is 43.3 Å². The molecule has 0 radical (unpaired) electrons. The summed E-state index contributed by atoms with van der Waals surface area (Å²) in [6.45, 7) is 4.05. The predicted molar refractivity (Wildman–Crippen MR) is 114 cm³/mol. The van der Waals surface area contributed by atoms with Gasteiger partial charge in [-0.3, -0.25) is 4.79 Å². The van der Waals surface area contributed by atoms with Crippen LogP contribution in [0.5, 0.6) is 11.5 Å². The highest BCUT2D eigenvalue weighted by atomic mass is 16.5. The van der Waals surface area contributed by atoms with Gasteiger partial charge in [0.1, 0.15) is 0 Å². The third kappa shape index (κ3) is 5.10. The molecule has 1 aliphatic heterocycles. The van der Waals surface area contributed by atoms with Crippen LogP contribution in [-0.2, 0) is 14.9 Å². The van der Waals surface area contributed by atoms with Crippen molar-refractivity contribution in [1.82, 2.24) is 5.32 Å². The lowest BCUT2D eigenvalue weighted by Crippen LogP contribution is -2.44. The Morgan fingerprint density at radius 2 is 1.76 bits per heavy atom. The first-order valence-corrected chi connectivity index (χ1v) is 10.2. The van der Waals surface area contributed by atoms with Crippen LogP contribution in [0.25, 0.3) is 0 Å². The normalized spacial score (nSPS) is 16.7. The van der Waals surface area contributed by atoms with Crippen molar-refractivity contribution in [3.63, 3.8) is 0 Å². The maximum absolute atomic E-state index is 12.7. The van der Waals surface area contributed by atoms with Crippen molar-refractivity contribution in [3.05, 3.63) is 59.7 Å². The lowest BCUT2D eigenvalue weighted by atomic mass is 9.74. The van der Waals surface area contributed by atoms with Crippen LogP contribution in [0.15, 0.2) is 48.5 Å². The van der Waals surface area contributed by atoms with Crippen molar-refractivity contribution in [2.24, 2.45) is 0 Å². The zero-order chi connectivity index (χ0) is 20.7. The van der Waals surface area contributed by atoms with Gasteiger partial charge in [-0.25, -0.2) is 0 Å². The van der Waals surface area contributed by atoms with Crippen molar-refractivity contribution in [2.75, 3.05) is 34.0 Å². The molecule has 3 rings (SSSR count). The van der Waals surface area contributed by atoms with E-state index in [0.717, 1.165) is 18.4 Å². The summed E-state index contributed by atoms with van der Waals surface area (Å²) in [5.74, 6) is 1.68. The van der Waals surface area contributed by atoms with Crippen LogP contribution in [0.3, 0.4) is 0 Å². The minimum absolute atomic E-state index is 0.0766. The molecule has 5 nitrogen and oxygen atoms in total. The molecule has 0 bridgehead atoms. The number of carbonyl (C=O) groups is 1. The van der Waals surface area contributed by atoms with Gasteiger partial charge in [-0.2, -0.15) is 0 Å². The monoisotopic (exact) mass is 397 g/mol. The third-order valence-electron chi connectivity index (χ3n) is 5.93. The fraction of sp³-hybridized carbons (Fsp3) is 0.458. The molecule has 1 saturated heterocycles. The van der Waals surface area contributed by atoms with E-state index < -0.39 is 0 Å². The second-order valence-electron chi connectivity index (χ2n) is 7.76. The molecule has 29 heavy (non-hydrogen) atoms. The van der Waals surface area contributed by atoms with E-state index in [2.05, 4.69) is 30.4 Å². The Kier molecular flexibility index (Phi) is 7.15. The van der Waals surface area contributed by atoms with Crippen LogP contribution >= 0.6 is 0 Å². The molecular weight excluding hydrogens is 366 g/mol. The largest absolute Gasteiger partial charge is 0.493 e. The zero-order valence-electron chi connectivity index (χ0n) is 17.6. The molecule has 156 valence electrons. The summed E-state index contributed by atoms with van der Waals surface area (Å²) in [5, 5.41) is 3.19. The average molecular weight is 398 g/mol. The van der Waals surface area contributed by atoms with E-state index in [-0.39, 0.29) is 17.2 Å². The highest BCUT2D eigenvalue weighted by Gasteiger charge is 2.35. The van der Waals surface area contributed by atoms with E-state index in [1.165, 1.54) is 5.56 Å². The Bertz CT molecular complexity index is 800. The van der Waals surface area contributed by atoms with Crippen molar-refractivity contribution in [1.29, 1.82) is 0 Å². The SMILES string of the molecule is COc1ccc(C2(CNC(=O)CC(C)c3ccccc3)CCOCC2)cc1OC. The van der Waals surface area contributed by atoms with Gasteiger partial charge >= 0.3 is 0 Å². The van der Waals surface area contributed by atoms with Gasteiger partial charge in [0.05, 0.1) is 14.2 Å². The first-order chi connectivity index (χ1) is 14.1. The Morgan fingerprint density at radius 3 is 2.41 bits per heavy atom. The van der Waals surface area contributed by atoms with Crippen molar-refractivity contribution < 1.29 is 19.0 Å². The molecule has 1 amide bonds. The summed E-state index contributed by atoms with van der Waals surface area (Å²) < 4.78 is 16.5. The zero-order valence-corrected chi connectivity index (χ0v) is 17.6. The molecule has 1 heterocycles. The maximum atomic E-state index is 12.7. The molecule has 0 aromatic heterocycles. The van der Waals surface area contributed by atoms with Gasteiger partial charge < -0.3 is 19.5 Å². The average Bonchev–Trinajstić information content (AvgIpc) is 2.78. The Labute approximate surface area is 173 Å². The highest BCUT2D eigenvalue weighted by molar-refractivity contribution is 5.77. The highest BCUT2D eigenvalue weighted by Crippen LogP contribution is 2.39. The summed E-state index contributed by atoms with van der Waals surface area (Å²) in [5.41, 5.74) is 2.17. The Morgan fingerprint density at radius 1 is 1.07 bits per heavy atom. The second-order valence-corrected chi connectivity index (χ2v) is 7.76. The first-order valence-electron chi connectivity index (χ1n) is 10.2. The van der Waals surface area contributed by atoms with Gasteiger partial charge in [0.2, 0.25) is 5.91 Å². The number of methoxy groups -OCH3 is 2. The van der Waals surface area contributed by atoms with Gasteiger partial charge in [0.25, 0.3) is 0 Å². The fourth-order valence-electron chi connectivity index (χ4n) is 4.01. The predicted octanol–water partition coefficient (Wildman–Crippen LogP) is 4.06. The standard InChI is InChI=1S/C24H31NO4/c1-18(19-7-5-4-6-8-19)15-23(26)25-17-24(11-13-29-14-12-24)20-9-10-21(27-2)22(16-20)28-3/h4-10,16,18H,11-15,17H2,1-3H3,(H,25,26). The summed E-state index contributed by atoms with van der Waals surface area (Å²) in [6.07, 6.45) is 2.19. The summed E-state index contributed by atoms with van der Waals surface area (Å²) >= 11 is 0. The van der Waals surface area contributed by atoms with Crippen LogP contribution in [-0.4, -0.2) is 39.9 Å². The topological polar surface area (TPSA) is 56.8 Å². The Hall–Kier alpha value is -2.53. The maximum Gasteiger partial charge on any atom is 0.220 e. The van der Waals surface area contributed by atoms with Gasteiger partial charge in [0.15, 0.2) is 11.5 Å². The summed E-state index contributed by atoms with van der Waals surface area (Å²) in [4.78, 5) is 12.7. The van der Waals surface area contributed by atoms with Crippen LogP contribution in [0.2, 0.25) is 0 Å². The molecule has 1 fully saturated rings. The van der Waals surface area contributed by atoms with E-state index in [0.29, 0.717) is 37.7 Å². The number of amides is 1. The van der Waals surface area contributed by atoms with E-state index >= 15 is 0 Å². The fourth-order valence-corrected chi connectivity index (χ4v) is 4.01. The molecule has 0 saturated carbocycles. The molecule has 1 atom stereocenters. The minimum atomic E-state index is -0.163. The first kappa shape index (κ1) is 21.2. The van der Waals surface area contributed by atoms with Gasteiger partial charge in [-0.15, -0.1) is 0 Å². The number of hydrogen-bond donors (Lipinski definition) is 1. The van der Waals surface area contributed by atoms with E-state index in [4.69, 9.17) is 14.2 Å². The van der Waals surface area contributed by atoms with Crippen molar-refractivity contribution >= 4 is 5.91 Å². The van der Waals surface area contributed by atoms with Crippen LogP contribution in [0.1, 0.15) is 43.2 Å². The molecular formula is C24H31NO4. The van der Waals surface area contributed by atoms with Crippen LogP contribution in [0, 0.1) is 0 Å². The van der Waals surface area contributed by atoms with Crippen molar-refractivity contribution in [2.45, 2.75) is 37.5 Å². The lowest BCUT2D eigenvalue weighted by molar-refractivity contribution is -0.121. The number of benzene rings is 2. The van der Waals surface area contributed by atoms with E-state index in [9.17, 15) is 4.79 Å². The molecule has 2 aromatic carbocycles. The van der Waals surface area contributed by atoms with Gasteiger partial charge in [-0.05, 0) is 42.0 Å². The molecule has 2 aromatic rings. The number of hydrogen-bond acceptors (Lipinski definition) is 4. The molecule has 5 heteroatoms. The molecule has 1 N–H and O–H groups in total. The molecule has 1 unspecified atom stereocenters. The van der Waals surface area contributed by atoms with Gasteiger partial charge in [0, 0.05) is 31.6 Å². The van der Waals surface area contributed by atoms with E-state index in [1.807, 2.05) is 30.3 Å². The number of carbonyl (C=O) groups excluding carboxylic acids is 1. The number of nitrogens with one attached hydrogen (secondary N) is 1. The quantitative estimate of drug-likeness (QED) is 0.730. The second kappa shape index (κ2) is 9.79. The minimum Gasteiger partial charge on any atom is -0.493 e. The number of rotatable bonds is 8. The third-order valence-corrected chi connectivity index (χ3v) is 5.93. The molecule has 1 aliphatic rings.